The van der Waals surface area contributed by atoms with Crippen molar-refractivity contribution >= 4 is 21.8 Å². The van der Waals surface area contributed by atoms with E-state index in [0.29, 0.717) is 16.6 Å². The first-order chi connectivity index (χ1) is 8.69. The SMILES string of the molecule is N#Cc1ccc2c(ccc3[nH]c(=O)c(=O)[nH]c32)c1. The van der Waals surface area contributed by atoms with Crippen molar-refractivity contribution in [3.05, 3.63) is 56.6 Å². The lowest BCUT2D eigenvalue weighted by Crippen LogP contribution is -2.28. The average molecular weight is 237 g/mol. The number of rotatable bonds is 0. The van der Waals surface area contributed by atoms with Crippen LogP contribution in [0, 0.1) is 11.3 Å². The molecule has 86 valence electrons. The molecule has 0 spiro atoms. The number of fused-ring (bicyclic) bond motifs is 3. The van der Waals surface area contributed by atoms with Gasteiger partial charge in [-0.1, -0.05) is 12.1 Å². The molecule has 0 saturated heterocycles. The third-order valence-electron chi connectivity index (χ3n) is 2.84. The minimum Gasteiger partial charge on any atom is -0.316 e. The third kappa shape index (κ3) is 1.40. The number of nitriles is 1. The number of H-pyrrole nitrogens is 2. The maximum atomic E-state index is 11.3. The number of aromatic nitrogens is 2. The van der Waals surface area contributed by atoms with E-state index >= 15 is 0 Å². The molecule has 0 aliphatic heterocycles. The molecule has 0 atom stereocenters. The molecule has 5 nitrogen and oxygen atoms in total. The molecule has 1 aromatic heterocycles. The van der Waals surface area contributed by atoms with Gasteiger partial charge in [-0.2, -0.15) is 5.26 Å². The summed E-state index contributed by atoms with van der Waals surface area (Å²) in [5.41, 5.74) is 0.335. The van der Waals surface area contributed by atoms with Crippen molar-refractivity contribution in [2.24, 2.45) is 0 Å². The summed E-state index contributed by atoms with van der Waals surface area (Å²) in [7, 11) is 0. The molecule has 0 aliphatic rings. The van der Waals surface area contributed by atoms with Gasteiger partial charge >= 0.3 is 11.1 Å². The normalized spacial score (nSPS) is 10.6. The van der Waals surface area contributed by atoms with Crippen LogP contribution < -0.4 is 11.1 Å². The Morgan fingerprint density at radius 2 is 1.78 bits per heavy atom. The highest BCUT2D eigenvalue weighted by Gasteiger charge is 2.04. The highest BCUT2D eigenvalue weighted by molar-refractivity contribution is 6.03. The predicted octanol–water partition coefficient (Wildman–Crippen LogP) is 1.24. The van der Waals surface area contributed by atoms with Crippen LogP contribution in [0.1, 0.15) is 5.56 Å². The van der Waals surface area contributed by atoms with Gasteiger partial charge in [0, 0.05) is 5.39 Å². The summed E-state index contributed by atoms with van der Waals surface area (Å²) in [6.07, 6.45) is 0. The van der Waals surface area contributed by atoms with E-state index in [2.05, 4.69) is 16.0 Å². The van der Waals surface area contributed by atoms with E-state index in [-0.39, 0.29) is 0 Å². The monoisotopic (exact) mass is 237 g/mol. The Balaban J connectivity index is 2.54. The lowest BCUT2D eigenvalue weighted by molar-refractivity contribution is 1.15. The van der Waals surface area contributed by atoms with Crippen molar-refractivity contribution in [2.45, 2.75) is 0 Å². The molecule has 0 amide bonds. The molecule has 0 aliphatic carbocycles. The minimum absolute atomic E-state index is 0.550. The Labute approximate surface area is 100 Å². The topological polar surface area (TPSA) is 89.5 Å². The molecule has 3 rings (SSSR count). The maximum absolute atomic E-state index is 11.3. The van der Waals surface area contributed by atoms with Crippen LogP contribution in [0.5, 0.6) is 0 Å². The summed E-state index contributed by atoms with van der Waals surface area (Å²) < 4.78 is 0. The van der Waals surface area contributed by atoms with Gasteiger partial charge in [0.1, 0.15) is 0 Å². The smallest absolute Gasteiger partial charge is 0.314 e. The van der Waals surface area contributed by atoms with Crippen LogP contribution in [0.2, 0.25) is 0 Å². The zero-order chi connectivity index (χ0) is 12.7. The van der Waals surface area contributed by atoms with Crippen molar-refractivity contribution in [1.82, 2.24) is 9.97 Å². The second-order valence-electron chi connectivity index (χ2n) is 3.94. The van der Waals surface area contributed by atoms with Crippen LogP contribution in [0.15, 0.2) is 39.9 Å². The van der Waals surface area contributed by atoms with Crippen LogP contribution in [-0.4, -0.2) is 9.97 Å². The van der Waals surface area contributed by atoms with Gasteiger partial charge in [-0.05, 0) is 23.6 Å². The largest absolute Gasteiger partial charge is 0.316 e. The van der Waals surface area contributed by atoms with E-state index in [4.69, 9.17) is 5.26 Å². The van der Waals surface area contributed by atoms with E-state index in [1.807, 2.05) is 0 Å². The molecule has 0 saturated carbocycles. The molecule has 2 N–H and O–H groups in total. The average Bonchev–Trinajstić information content (AvgIpc) is 2.39. The van der Waals surface area contributed by atoms with Crippen LogP contribution in [0.4, 0.5) is 0 Å². The lowest BCUT2D eigenvalue weighted by Gasteiger charge is -2.03. The molecule has 2 aromatic carbocycles. The van der Waals surface area contributed by atoms with Gasteiger partial charge < -0.3 is 9.97 Å². The van der Waals surface area contributed by atoms with Crippen LogP contribution >= 0.6 is 0 Å². The van der Waals surface area contributed by atoms with E-state index in [9.17, 15) is 9.59 Å². The summed E-state index contributed by atoms with van der Waals surface area (Å²) in [5, 5.41) is 10.5. The lowest BCUT2D eigenvalue weighted by atomic mass is 10.1. The van der Waals surface area contributed by atoms with Gasteiger partial charge in [0.15, 0.2) is 0 Å². The number of hydrogen-bond donors (Lipinski definition) is 2. The zero-order valence-electron chi connectivity index (χ0n) is 9.15. The molecular weight excluding hydrogens is 230 g/mol. The number of nitrogens with one attached hydrogen (secondary N) is 2. The first-order valence-corrected chi connectivity index (χ1v) is 5.28. The number of nitrogens with zero attached hydrogens (tertiary/aromatic N) is 1. The van der Waals surface area contributed by atoms with Crippen molar-refractivity contribution in [3.63, 3.8) is 0 Å². The summed E-state index contributed by atoms with van der Waals surface area (Å²) in [5.74, 6) is 0. The molecule has 0 radical (unpaired) electrons. The number of benzene rings is 2. The fourth-order valence-electron chi connectivity index (χ4n) is 1.99. The minimum atomic E-state index is -0.681. The van der Waals surface area contributed by atoms with E-state index in [1.165, 1.54) is 0 Å². The Hall–Kier alpha value is -2.87. The Morgan fingerprint density at radius 1 is 1.00 bits per heavy atom. The van der Waals surface area contributed by atoms with Crippen molar-refractivity contribution in [3.8, 4) is 6.07 Å². The van der Waals surface area contributed by atoms with Crippen molar-refractivity contribution < 1.29 is 0 Å². The summed E-state index contributed by atoms with van der Waals surface area (Å²) in [4.78, 5) is 27.6. The van der Waals surface area contributed by atoms with Gasteiger partial charge in [0.05, 0.1) is 22.7 Å². The zero-order valence-corrected chi connectivity index (χ0v) is 9.15. The van der Waals surface area contributed by atoms with Crippen LogP contribution in [-0.2, 0) is 0 Å². The van der Waals surface area contributed by atoms with Gasteiger partial charge in [-0.3, -0.25) is 9.59 Å². The summed E-state index contributed by atoms with van der Waals surface area (Å²) >= 11 is 0. The highest BCUT2D eigenvalue weighted by atomic mass is 16.2. The Morgan fingerprint density at radius 3 is 2.56 bits per heavy atom. The van der Waals surface area contributed by atoms with Crippen LogP contribution in [0.3, 0.4) is 0 Å². The predicted molar refractivity (Wildman–Crippen MR) is 67.4 cm³/mol. The first-order valence-electron chi connectivity index (χ1n) is 5.28. The third-order valence-corrected chi connectivity index (χ3v) is 2.84. The summed E-state index contributed by atoms with van der Waals surface area (Å²) in [6, 6.07) is 10.7. The first kappa shape index (κ1) is 10.3. The molecule has 0 fully saturated rings. The molecule has 1 heterocycles. The van der Waals surface area contributed by atoms with Gasteiger partial charge in [-0.25, -0.2) is 0 Å². The second-order valence-corrected chi connectivity index (χ2v) is 3.94. The van der Waals surface area contributed by atoms with Crippen molar-refractivity contribution in [1.29, 1.82) is 5.26 Å². The molecular formula is C13H7N3O2. The quantitative estimate of drug-likeness (QED) is 0.455. The molecule has 5 heteroatoms. The summed E-state index contributed by atoms with van der Waals surface area (Å²) in [6.45, 7) is 0. The highest BCUT2D eigenvalue weighted by Crippen LogP contribution is 2.22. The Bertz CT molecular complexity index is 929. The molecule has 3 aromatic rings. The molecule has 0 unspecified atom stereocenters. The maximum Gasteiger partial charge on any atom is 0.314 e. The Kier molecular flexibility index (Phi) is 2.04. The van der Waals surface area contributed by atoms with E-state index in [1.54, 1.807) is 30.3 Å². The van der Waals surface area contributed by atoms with E-state index in [0.717, 1.165) is 10.8 Å². The van der Waals surface area contributed by atoms with Gasteiger partial charge in [0.2, 0.25) is 0 Å². The van der Waals surface area contributed by atoms with Gasteiger partial charge in [-0.15, -0.1) is 0 Å². The van der Waals surface area contributed by atoms with Crippen LogP contribution in [0.25, 0.3) is 21.8 Å². The number of hydrogen-bond acceptors (Lipinski definition) is 3. The fourth-order valence-corrected chi connectivity index (χ4v) is 1.99. The number of aromatic amines is 2. The molecule has 0 bridgehead atoms. The van der Waals surface area contributed by atoms with E-state index < -0.39 is 11.1 Å². The van der Waals surface area contributed by atoms with Gasteiger partial charge in [0.25, 0.3) is 0 Å². The molecule has 18 heavy (non-hydrogen) atoms. The second kappa shape index (κ2) is 3.57. The van der Waals surface area contributed by atoms with Crippen molar-refractivity contribution in [2.75, 3.05) is 0 Å². The fraction of sp³-hybridized carbons (Fsp3) is 0. The standard InChI is InChI=1S/C13H7N3O2/c14-6-7-1-3-9-8(5-7)2-4-10-11(9)16-13(18)12(17)15-10/h1-5H,(H,15,17)(H,16,18).